The third-order valence-corrected chi connectivity index (χ3v) is 6.23. The highest BCUT2D eigenvalue weighted by Gasteiger charge is 2.28. The van der Waals surface area contributed by atoms with Gasteiger partial charge in [-0.2, -0.15) is 0 Å². The van der Waals surface area contributed by atoms with Crippen LogP contribution in [0, 0.1) is 0 Å². The Kier molecular flexibility index (Phi) is 10.9. The van der Waals surface area contributed by atoms with Crippen LogP contribution in [0.4, 0.5) is 5.69 Å². The summed E-state index contributed by atoms with van der Waals surface area (Å²) in [7, 11) is 0. The Morgan fingerprint density at radius 1 is 0.846 bits per heavy atom. The SMILES string of the molecule is NC(=O)CC[C@@H](NC(=O)[C@H](Cc1ccccc1)NC(=O)c1cc(Cl)ccc1NCCc1ccccc1)C(=O)O. The minimum atomic E-state index is -1.35. The fourth-order valence-corrected chi connectivity index (χ4v) is 4.13. The molecule has 6 N–H and O–H groups in total. The third kappa shape index (κ3) is 9.46. The van der Waals surface area contributed by atoms with Crippen molar-refractivity contribution in [3.63, 3.8) is 0 Å². The van der Waals surface area contributed by atoms with E-state index in [0.717, 1.165) is 17.5 Å². The lowest BCUT2D eigenvalue weighted by atomic mass is 10.0. The van der Waals surface area contributed by atoms with Crippen molar-refractivity contribution in [3.05, 3.63) is 101 Å². The molecule has 0 aromatic heterocycles. The molecule has 0 spiro atoms. The monoisotopic (exact) mass is 550 g/mol. The van der Waals surface area contributed by atoms with Crippen LogP contribution in [-0.2, 0) is 27.2 Å². The maximum atomic E-state index is 13.4. The number of halogens is 1. The Hall–Kier alpha value is -4.37. The smallest absolute Gasteiger partial charge is 0.326 e. The number of hydrogen-bond acceptors (Lipinski definition) is 5. The molecule has 3 amide bonds. The predicted octanol–water partition coefficient (Wildman–Crippen LogP) is 3.17. The lowest BCUT2D eigenvalue weighted by Gasteiger charge is -2.22. The van der Waals surface area contributed by atoms with E-state index < -0.39 is 35.8 Å². The zero-order chi connectivity index (χ0) is 28.2. The van der Waals surface area contributed by atoms with Crippen LogP contribution in [0.1, 0.15) is 34.3 Å². The molecule has 0 unspecified atom stereocenters. The molecule has 0 aliphatic heterocycles. The Morgan fingerprint density at radius 3 is 2.10 bits per heavy atom. The van der Waals surface area contributed by atoms with Crippen LogP contribution in [-0.4, -0.2) is 47.4 Å². The fraction of sp³-hybridized carbons (Fsp3) is 0.241. The summed E-state index contributed by atoms with van der Waals surface area (Å²) in [5, 5.41) is 18.3. The fourth-order valence-electron chi connectivity index (χ4n) is 3.96. The van der Waals surface area contributed by atoms with Crippen molar-refractivity contribution in [2.45, 2.75) is 37.8 Å². The van der Waals surface area contributed by atoms with Crippen LogP contribution in [0.3, 0.4) is 0 Å². The van der Waals surface area contributed by atoms with Crippen molar-refractivity contribution < 1.29 is 24.3 Å². The van der Waals surface area contributed by atoms with E-state index in [1.165, 1.54) is 6.07 Å². The van der Waals surface area contributed by atoms with E-state index in [4.69, 9.17) is 17.3 Å². The lowest BCUT2D eigenvalue weighted by molar-refractivity contribution is -0.142. The van der Waals surface area contributed by atoms with Crippen molar-refractivity contribution in [2.24, 2.45) is 5.73 Å². The van der Waals surface area contributed by atoms with Crippen molar-refractivity contribution in [1.29, 1.82) is 0 Å². The van der Waals surface area contributed by atoms with E-state index in [9.17, 15) is 24.3 Å². The normalized spacial score (nSPS) is 12.1. The summed E-state index contributed by atoms with van der Waals surface area (Å²) < 4.78 is 0. The number of carbonyl (C=O) groups excluding carboxylic acids is 3. The van der Waals surface area contributed by atoms with Gasteiger partial charge in [0.25, 0.3) is 5.91 Å². The molecule has 0 saturated heterocycles. The highest BCUT2D eigenvalue weighted by Crippen LogP contribution is 2.21. The Bertz CT molecular complexity index is 1290. The van der Waals surface area contributed by atoms with Crippen molar-refractivity contribution >= 4 is 41.0 Å². The van der Waals surface area contributed by atoms with Gasteiger partial charge >= 0.3 is 5.97 Å². The number of carbonyl (C=O) groups is 4. The molecule has 0 radical (unpaired) electrons. The second-order valence-electron chi connectivity index (χ2n) is 8.97. The van der Waals surface area contributed by atoms with Crippen LogP contribution in [0.5, 0.6) is 0 Å². The van der Waals surface area contributed by atoms with Crippen molar-refractivity contribution in [3.8, 4) is 0 Å². The van der Waals surface area contributed by atoms with Gasteiger partial charge in [-0.1, -0.05) is 72.3 Å². The standard InChI is InChI=1S/C29H31ClN4O5/c30-21-11-12-23(32-16-15-19-7-3-1-4-8-19)22(18-21)27(36)34-25(17-20-9-5-2-6-10-20)28(37)33-24(29(38)39)13-14-26(31)35/h1-12,18,24-25,32H,13-17H2,(H2,31,35)(H,33,37)(H,34,36)(H,38,39)/t24-,25+/m1/s1. The third-order valence-electron chi connectivity index (χ3n) is 6.00. The summed E-state index contributed by atoms with van der Waals surface area (Å²) in [6.45, 7) is 0.556. The number of benzene rings is 3. The summed E-state index contributed by atoms with van der Waals surface area (Å²) in [4.78, 5) is 49.5. The lowest BCUT2D eigenvalue weighted by Crippen LogP contribution is -2.52. The topological polar surface area (TPSA) is 151 Å². The quantitative estimate of drug-likeness (QED) is 0.208. The predicted molar refractivity (Wildman–Crippen MR) is 149 cm³/mol. The van der Waals surface area contributed by atoms with Gasteiger partial charge < -0.3 is 26.8 Å². The number of nitrogens with one attached hydrogen (secondary N) is 3. The van der Waals surface area contributed by atoms with E-state index in [1.54, 1.807) is 36.4 Å². The molecule has 39 heavy (non-hydrogen) atoms. The summed E-state index contributed by atoms with van der Waals surface area (Å²) in [5.41, 5.74) is 7.81. The summed E-state index contributed by atoms with van der Waals surface area (Å²) in [6, 6.07) is 21.3. The van der Waals surface area contributed by atoms with Gasteiger partial charge in [0.2, 0.25) is 11.8 Å². The molecule has 2 atom stereocenters. The molecule has 9 nitrogen and oxygen atoms in total. The molecule has 0 saturated carbocycles. The minimum Gasteiger partial charge on any atom is -0.480 e. The molecule has 3 aromatic rings. The molecule has 0 aliphatic carbocycles. The number of nitrogens with two attached hydrogens (primary N) is 1. The molecular weight excluding hydrogens is 520 g/mol. The zero-order valence-corrected chi connectivity index (χ0v) is 22.0. The molecule has 0 aliphatic rings. The van der Waals surface area contributed by atoms with Crippen molar-refractivity contribution in [1.82, 2.24) is 10.6 Å². The Labute approximate surface area is 231 Å². The van der Waals surface area contributed by atoms with Gasteiger partial charge in [-0.3, -0.25) is 14.4 Å². The van der Waals surface area contributed by atoms with Gasteiger partial charge in [0.1, 0.15) is 12.1 Å². The highest BCUT2D eigenvalue weighted by molar-refractivity contribution is 6.31. The van der Waals surface area contributed by atoms with Gasteiger partial charge in [0.15, 0.2) is 0 Å². The van der Waals surface area contributed by atoms with Crippen LogP contribution >= 0.6 is 11.6 Å². The first-order chi connectivity index (χ1) is 18.7. The number of anilines is 1. The summed E-state index contributed by atoms with van der Waals surface area (Å²) in [5.74, 6) is -3.25. The number of amides is 3. The van der Waals surface area contributed by atoms with Crippen LogP contribution < -0.4 is 21.7 Å². The molecule has 3 rings (SSSR count). The largest absolute Gasteiger partial charge is 0.480 e. The van der Waals surface area contributed by atoms with E-state index in [1.807, 2.05) is 36.4 Å². The molecule has 3 aromatic carbocycles. The van der Waals surface area contributed by atoms with E-state index >= 15 is 0 Å². The number of aliphatic carboxylic acids is 1. The minimum absolute atomic E-state index is 0.109. The first-order valence-corrected chi connectivity index (χ1v) is 12.8. The molecule has 10 heteroatoms. The number of rotatable bonds is 14. The highest BCUT2D eigenvalue weighted by atomic mass is 35.5. The first kappa shape index (κ1) is 29.2. The maximum absolute atomic E-state index is 13.4. The van der Waals surface area contributed by atoms with Crippen LogP contribution in [0.2, 0.25) is 5.02 Å². The second kappa shape index (κ2) is 14.5. The van der Waals surface area contributed by atoms with Gasteiger partial charge in [0, 0.05) is 30.1 Å². The number of primary amides is 1. The average Bonchev–Trinajstić information content (AvgIpc) is 2.92. The first-order valence-electron chi connectivity index (χ1n) is 12.5. The Balaban J connectivity index is 1.78. The Morgan fingerprint density at radius 2 is 1.49 bits per heavy atom. The number of carboxylic acid groups (broad SMARTS) is 1. The van der Waals surface area contributed by atoms with E-state index in [2.05, 4.69) is 16.0 Å². The van der Waals surface area contributed by atoms with Gasteiger partial charge in [0.05, 0.1) is 5.56 Å². The molecular formula is C29H31ClN4O5. The van der Waals surface area contributed by atoms with Crippen molar-refractivity contribution in [2.75, 3.05) is 11.9 Å². The number of carboxylic acids is 1. The molecule has 204 valence electrons. The number of hydrogen-bond donors (Lipinski definition) is 5. The van der Waals surface area contributed by atoms with Gasteiger partial charge in [-0.25, -0.2) is 4.79 Å². The molecule has 0 fully saturated rings. The summed E-state index contributed by atoms with van der Waals surface area (Å²) >= 11 is 6.19. The van der Waals surface area contributed by atoms with Crippen LogP contribution in [0.15, 0.2) is 78.9 Å². The second-order valence-corrected chi connectivity index (χ2v) is 9.41. The van der Waals surface area contributed by atoms with Gasteiger partial charge in [-0.15, -0.1) is 0 Å². The zero-order valence-electron chi connectivity index (χ0n) is 21.2. The summed E-state index contributed by atoms with van der Waals surface area (Å²) in [6.07, 6.45) is 0.447. The average molecular weight is 551 g/mol. The maximum Gasteiger partial charge on any atom is 0.326 e. The molecule has 0 heterocycles. The van der Waals surface area contributed by atoms with E-state index in [-0.39, 0.29) is 24.8 Å². The van der Waals surface area contributed by atoms with Gasteiger partial charge in [-0.05, 0) is 42.2 Å². The van der Waals surface area contributed by atoms with Crippen LogP contribution in [0.25, 0.3) is 0 Å². The molecule has 0 bridgehead atoms. The van der Waals surface area contributed by atoms with E-state index in [0.29, 0.717) is 17.3 Å².